The lowest BCUT2D eigenvalue weighted by molar-refractivity contribution is 0.570. The Morgan fingerprint density at radius 2 is 2.17 bits per heavy atom. The lowest BCUT2D eigenvalue weighted by Crippen LogP contribution is -2.29. The fourth-order valence-corrected chi connectivity index (χ4v) is 2.15. The van der Waals surface area contributed by atoms with Gasteiger partial charge in [-0.2, -0.15) is 0 Å². The number of nitrogens with one attached hydrogen (secondary N) is 2. The number of para-hydroxylation sites is 1. The van der Waals surface area contributed by atoms with E-state index in [1.54, 1.807) is 0 Å². The van der Waals surface area contributed by atoms with E-state index in [4.69, 9.17) is 0 Å². The van der Waals surface area contributed by atoms with Gasteiger partial charge in [0, 0.05) is 29.7 Å². The lowest BCUT2D eigenvalue weighted by Gasteiger charge is -2.14. The Kier molecular flexibility index (Phi) is 4.21. The van der Waals surface area contributed by atoms with Gasteiger partial charge < -0.3 is 10.3 Å². The molecule has 0 spiro atoms. The molecule has 0 aliphatic carbocycles. The van der Waals surface area contributed by atoms with Crippen molar-refractivity contribution >= 4 is 10.9 Å². The summed E-state index contributed by atoms with van der Waals surface area (Å²) in [5, 5.41) is 4.86. The van der Waals surface area contributed by atoms with Crippen LogP contribution in [0.2, 0.25) is 0 Å². The molecule has 2 aromatic rings. The molecule has 1 aromatic heterocycles. The number of hydrogen-bond donors (Lipinski definition) is 2. The number of fused-ring (bicyclic) bond motifs is 1. The van der Waals surface area contributed by atoms with E-state index < -0.39 is 0 Å². The van der Waals surface area contributed by atoms with Crippen molar-refractivity contribution in [3.8, 4) is 0 Å². The number of aromatic nitrogens is 1. The first kappa shape index (κ1) is 12.9. The number of hydrogen-bond acceptors (Lipinski definition) is 1. The molecule has 1 aromatic carbocycles. The second-order valence-electron chi connectivity index (χ2n) is 4.95. The van der Waals surface area contributed by atoms with E-state index in [-0.39, 0.29) is 0 Å². The summed E-state index contributed by atoms with van der Waals surface area (Å²) in [6.45, 7) is 9.31. The van der Waals surface area contributed by atoms with Crippen LogP contribution in [0.5, 0.6) is 0 Å². The fraction of sp³-hybridized carbons (Fsp3) is 0.375. The highest BCUT2D eigenvalue weighted by atomic mass is 14.9. The molecule has 0 aliphatic rings. The zero-order valence-corrected chi connectivity index (χ0v) is 11.3. The summed E-state index contributed by atoms with van der Waals surface area (Å²) < 4.78 is 0. The van der Waals surface area contributed by atoms with Crippen molar-refractivity contribution in [1.29, 1.82) is 0 Å². The molecular formula is C16H22N2. The number of H-pyrrole nitrogens is 1. The van der Waals surface area contributed by atoms with Crippen LogP contribution in [-0.2, 0) is 6.42 Å². The van der Waals surface area contributed by atoms with Crippen LogP contribution >= 0.6 is 0 Å². The largest absolute Gasteiger partial charge is 0.361 e. The summed E-state index contributed by atoms with van der Waals surface area (Å²) in [6.07, 6.45) is 4.21. The third kappa shape index (κ3) is 3.02. The second-order valence-corrected chi connectivity index (χ2v) is 4.95. The van der Waals surface area contributed by atoms with Crippen molar-refractivity contribution in [2.45, 2.75) is 32.7 Å². The lowest BCUT2D eigenvalue weighted by atomic mass is 10.1. The smallest absolute Gasteiger partial charge is 0.0456 e. The molecule has 96 valence electrons. The van der Waals surface area contributed by atoms with Gasteiger partial charge in [-0.1, -0.05) is 37.3 Å². The summed E-state index contributed by atoms with van der Waals surface area (Å²) in [5.74, 6) is 0. The average Bonchev–Trinajstić information content (AvgIpc) is 2.79. The normalized spacial score (nSPS) is 12.8. The predicted octanol–water partition coefficient (Wildman–Crippen LogP) is 3.65. The van der Waals surface area contributed by atoms with Crippen molar-refractivity contribution < 1.29 is 0 Å². The van der Waals surface area contributed by atoms with Crippen LogP contribution in [0.4, 0.5) is 0 Å². The van der Waals surface area contributed by atoms with Gasteiger partial charge in [-0.3, -0.25) is 0 Å². The molecule has 2 nitrogen and oxygen atoms in total. The summed E-state index contributed by atoms with van der Waals surface area (Å²) in [4.78, 5) is 3.32. The molecule has 0 bridgehead atoms. The Bertz CT molecular complexity index is 525. The van der Waals surface area contributed by atoms with Crippen molar-refractivity contribution in [3.05, 3.63) is 48.2 Å². The zero-order chi connectivity index (χ0) is 13.0. The average molecular weight is 242 g/mol. The van der Waals surface area contributed by atoms with E-state index in [1.165, 1.54) is 22.0 Å². The highest BCUT2D eigenvalue weighted by Crippen LogP contribution is 2.18. The molecule has 0 aliphatic heterocycles. The molecule has 0 amide bonds. The molecule has 0 saturated carbocycles. The van der Waals surface area contributed by atoms with Crippen LogP contribution in [0.25, 0.3) is 10.9 Å². The molecule has 0 radical (unpaired) electrons. The highest BCUT2D eigenvalue weighted by Gasteiger charge is 2.07. The maximum Gasteiger partial charge on any atom is 0.0456 e. The molecule has 1 heterocycles. The van der Waals surface area contributed by atoms with Gasteiger partial charge in [-0.25, -0.2) is 0 Å². The van der Waals surface area contributed by atoms with Crippen LogP contribution in [-0.4, -0.2) is 17.6 Å². The monoisotopic (exact) mass is 242 g/mol. The fourth-order valence-electron chi connectivity index (χ4n) is 2.15. The van der Waals surface area contributed by atoms with Gasteiger partial charge >= 0.3 is 0 Å². The van der Waals surface area contributed by atoms with E-state index in [0.717, 1.165) is 19.4 Å². The molecule has 0 saturated heterocycles. The first-order valence-electron chi connectivity index (χ1n) is 6.65. The van der Waals surface area contributed by atoms with Crippen LogP contribution in [0.1, 0.15) is 25.8 Å². The van der Waals surface area contributed by atoms with Crippen LogP contribution in [0.3, 0.4) is 0 Å². The van der Waals surface area contributed by atoms with Crippen LogP contribution < -0.4 is 5.32 Å². The second kappa shape index (κ2) is 5.87. The Balaban J connectivity index is 1.98. The highest BCUT2D eigenvalue weighted by molar-refractivity contribution is 5.83. The maximum absolute atomic E-state index is 4.02. The molecule has 2 N–H and O–H groups in total. The van der Waals surface area contributed by atoms with E-state index >= 15 is 0 Å². The van der Waals surface area contributed by atoms with Gasteiger partial charge in [0.05, 0.1) is 0 Å². The Hall–Kier alpha value is -1.54. The number of rotatable bonds is 6. The van der Waals surface area contributed by atoms with Crippen LogP contribution in [0, 0.1) is 0 Å². The molecular weight excluding hydrogens is 220 g/mol. The van der Waals surface area contributed by atoms with Gasteiger partial charge in [0.25, 0.3) is 0 Å². The number of benzene rings is 1. The molecule has 2 heteroatoms. The van der Waals surface area contributed by atoms with Crippen molar-refractivity contribution in [3.63, 3.8) is 0 Å². The van der Waals surface area contributed by atoms with E-state index in [9.17, 15) is 0 Å². The third-order valence-electron chi connectivity index (χ3n) is 3.40. The quantitative estimate of drug-likeness (QED) is 0.743. The first-order chi connectivity index (χ1) is 8.70. The maximum atomic E-state index is 4.02. The SMILES string of the molecule is C=C(CC)CN[C@H](C)Cc1c[nH]c2ccccc12. The standard InChI is InChI=1S/C16H22N2/c1-4-12(2)10-17-13(3)9-14-11-18-16-8-6-5-7-15(14)16/h5-8,11,13,17-18H,2,4,9-10H2,1,3H3/t13-/m1/s1. The summed E-state index contributed by atoms with van der Waals surface area (Å²) in [6, 6.07) is 8.92. The van der Waals surface area contributed by atoms with Gasteiger partial charge in [0.15, 0.2) is 0 Å². The third-order valence-corrected chi connectivity index (χ3v) is 3.40. The van der Waals surface area contributed by atoms with Gasteiger partial charge in [-0.05, 0) is 31.4 Å². The summed E-state index contributed by atoms with van der Waals surface area (Å²) >= 11 is 0. The van der Waals surface area contributed by atoms with Gasteiger partial charge in [0.1, 0.15) is 0 Å². The van der Waals surface area contributed by atoms with E-state index in [1.807, 2.05) is 0 Å². The molecule has 18 heavy (non-hydrogen) atoms. The molecule has 0 fully saturated rings. The molecule has 0 unspecified atom stereocenters. The van der Waals surface area contributed by atoms with E-state index in [0.29, 0.717) is 6.04 Å². The number of aromatic amines is 1. The predicted molar refractivity (Wildman–Crippen MR) is 78.9 cm³/mol. The summed E-state index contributed by atoms with van der Waals surface area (Å²) in [7, 11) is 0. The Morgan fingerprint density at radius 1 is 1.39 bits per heavy atom. The Morgan fingerprint density at radius 3 is 2.94 bits per heavy atom. The van der Waals surface area contributed by atoms with Crippen molar-refractivity contribution in [2.24, 2.45) is 0 Å². The van der Waals surface area contributed by atoms with E-state index in [2.05, 4.69) is 61.2 Å². The minimum absolute atomic E-state index is 0.465. The minimum Gasteiger partial charge on any atom is -0.361 e. The Labute approximate surface area is 109 Å². The summed E-state index contributed by atoms with van der Waals surface area (Å²) in [5.41, 5.74) is 3.87. The van der Waals surface area contributed by atoms with Crippen molar-refractivity contribution in [1.82, 2.24) is 10.3 Å². The van der Waals surface area contributed by atoms with Crippen molar-refractivity contribution in [2.75, 3.05) is 6.54 Å². The zero-order valence-electron chi connectivity index (χ0n) is 11.3. The topological polar surface area (TPSA) is 27.8 Å². The van der Waals surface area contributed by atoms with Crippen LogP contribution in [0.15, 0.2) is 42.6 Å². The molecule has 2 rings (SSSR count). The van der Waals surface area contributed by atoms with Gasteiger partial charge in [-0.15, -0.1) is 0 Å². The first-order valence-corrected chi connectivity index (χ1v) is 6.65. The molecule has 1 atom stereocenters. The van der Waals surface area contributed by atoms with Gasteiger partial charge in [0.2, 0.25) is 0 Å². The minimum atomic E-state index is 0.465.